The molecule has 0 heterocycles. The SMILES string of the molecule is COCC(N)C(=O)Nc1ccc(C(=O)NC(C)C)cc1.Cl. The number of halogens is 1. The van der Waals surface area contributed by atoms with Crippen LogP contribution in [0.2, 0.25) is 0 Å². The number of benzene rings is 1. The molecule has 0 radical (unpaired) electrons. The number of carbonyl (C=O) groups is 2. The van der Waals surface area contributed by atoms with Gasteiger partial charge in [0.1, 0.15) is 6.04 Å². The molecule has 0 aliphatic heterocycles. The Hall–Kier alpha value is -1.63. The van der Waals surface area contributed by atoms with Gasteiger partial charge in [0.15, 0.2) is 0 Å². The number of hydrogen-bond acceptors (Lipinski definition) is 4. The molecule has 1 aromatic carbocycles. The van der Waals surface area contributed by atoms with Crippen LogP contribution in [0.4, 0.5) is 5.69 Å². The van der Waals surface area contributed by atoms with Crippen molar-refractivity contribution >= 4 is 29.9 Å². The first-order chi connectivity index (χ1) is 9.43. The van der Waals surface area contributed by atoms with E-state index in [1.165, 1.54) is 7.11 Å². The predicted octanol–water partition coefficient (Wildman–Crippen LogP) is 1.16. The second kappa shape index (κ2) is 9.33. The highest BCUT2D eigenvalue weighted by molar-refractivity contribution is 5.97. The summed E-state index contributed by atoms with van der Waals surface area (Å²) < 4.78 is 4.81. The second-order valence-corrected chi connectivity index (χ2v) is 4.76. The fourth-order valence-corrected chi connectivity index (χ4v) is 1.54. The number of rotatable bonds is 6. The average molecular weight is 316 g/mol. The Kier molecular flexibility index (Phi) is 8.61. The van der Waals surface area contributed by atoms with Crippen molar-refractivity contribution in [2.45, 2.75) is 25.9 Å². The summed E-state index contributed by atoms with van der Waals surface area (Å²) in [6.45, 7) is 3.94. The molecule has 2 amide bonds. The van der Waals surface area contributed by atoms with Crippen LogP contribution < -0.4 is 16.4 Å². The summed E-state index contributed by atoms with van der Waals surface area (Å²) in [6, 6.07) is 5.97. The third kappa shape index (κ3) is 6.57. The van der Waals surface area contributed by atoms with E-state index >= 15 is 0 Å². The summed E-state index contributed by atoms with van der Waals surface area (Å²) in [7, 11) is 1.48. The fourth-order valence-electron chi connectivity index (χ4n) is 1.54. The highest BCUT2D eigenvalue weighted by atomic mass is 35.5. The number of methoxy groups -OCH3 is 1. The molecule has 1 unspecified atom stereocenters. The Bertz CT molecular complexity index is 463. The lowest BCUT2D eigenvalue weighted by molar-refractivity contribution is -0.118. The molecule has 1 rings (SSSR count). The molecule has 21 heavy (non-hydrogen) atoms. The summed E-state index contributed by atoms with van der Waals surface area (Å²) >= 11 is 0. The van der Waals surface area contributed by atoms with Crippen LogP contribution in [0.5, 0.6) is 0 Å². The zero-order chi connectivity index (χ0) is 15.1. The van der Waals surface area contributed by atoms with E-state index in [4.69, 9.17) is 10.5 Å². The standard InChI is InChI=1S/C14H21N3O3.ClH/c1-9(2)16-13(18)10-4-6-11(7-5-10)17-14(19)12(15)8-20-3;/h4-7,9,12H,8,15H2,1-3H3,(H,16,18)(H,17,19);1H. The molecule has 0 aromatic heterocycles. The molecule has 6 nitrogen and oxygen atoms in total. The minimum Gasteiger partial charge on any atom is -0.383 e. The summed E-state index contributed by atoms with van der Waals surface area (Å²) in [5.41, 5.74) is 6.73. The Balaban J connectivity index is 0.00000400. The number of nitrogens with two attached hydrogens (primary N) is 1. The van der Waals surface area contributed by atoms with Crippen molar-refractivity contribution in [3.05, 3.63) is 29.8 Å². The van der Waals surface area contributed by atoms with Crippen LogP contribution in [0.15, 0.2) is 24.3 Å². The van der Waals surface area contributed by atoms with Crippen molar-refractivity contribution in [2.24, 2.45) is 5.73 Å². The van der Waals surface area contributed by atoms with Gasteiger partial charge in [-0.2, -0.15) is 0 Å². The van der Waals surface area contributed by atoms with Crippen LogP contribution in [-0.4, -0.2) is 37.6 Å². The summed E-state index contributed by atoms with van der Waals surface area (Å²) in [5.74, 6) is -0.472. The molecule has 7 heteroatoms. The Morgan fingerprint density at radius 2 is 1.81 bits per heavy atom. The van der Waals surface area contributed by atoms with Crippen LogP contribution in [0, 0.1) is 0 Å². The molecule has 0 bridgehead atoms. The van der Waals surface area contributed by atoms with E-state index in [1.54, 1.807) is 24.3 Å². The number of hydrogen-bond donors (Lipinski definition) is 3. The van der Waals surface area contributed by atoms with Crippen molar-refractivity contribution in [2.75, 3.05) is 19.0 Å². The number of ether oxygens (including phenoxy) is 1. The quantitative estimate of drug-likeness (QED) is 0.734. The maximum atomic E-state index is 11.7. The molecule has 1 atom stereocenters. The Morgan fingerprint density at radius 1 is 1.24 bits per heavy atom. The van der Waals surface area contributed by atoms with E-state index in [0.717, 1.165) is 0 Å². The van der Waals surface area contributed by atoms with Crippen molar-refractivity contribution in [1.29, 1.82) is 0 Å². The second-order valence-electron chi connectivity index (χ2n) is 4.76. The monoisotopic (exact) mass is 315 g/mol. The number of anilines is 1. The molecule has 1 aromatic rings. The van der Waals surface area contributed by atoms with E-state index in [1.807, 2.05) is 13.8 Å². The highest BCUT2D eigenvalue weighted by Crippen LogP contribution is 2.10. The normalized spacial score (nSPS) is 11.5. The van der Waals surface area contributed by atoms with Crippen LogP contribution in [0.3, 0.4) is 0 Å². The van der Waals surface area contributed by atoms with E-state index < -0.39 is 6.04 Å². The van der Waals surface area contributed by atoms with E-state index in [-0.39, 0.29) is 36.9 Å². The molecule has 118 valence electrons. The van der Waals surface area contributed by atoms with E-state index in [0.29, 0.717) is 11.3 Å². The predicted molar refractivity (Wildman–Crippen MR) is 84.8 cm³/mol. The maximum Gasteiger partial charge on any atom is 0.251 e. The van der Waals surface area contributed by atoms with Crippen LogP contribution >= 0.6 is 12.4 Å². The molecular formula is C14H22ClN3O3. The van der Waals surface area contributed by atoms with Crippen LogP contribution in [0.25, 0.3) is 0 Å². The van der Waals surface area contributed by atoms with Gasteiger partial charge in [0.05, 0.1) is 6.61 Å². The molecule has 0 aliphatic rings. The van der Waals surface area contributed by atoms with Gasteiger partial charge in [-0.3, -0.25) is 9.59 Å². The molecular weight excluding hydrogens is 294 g/mol. The first-order valence-corrected chi connectivity index (χ1v) is 6.40. The van der Waals surface area contributed by atoms with Crippen LogP contribution in [0.1, 0.15) is 24.2 Å². The first kappa shape index (κ1) is 19.4. The van der Waals surface area contributed by atoms with Crippen molar-refractivity contribution < 1.29 is 14.3 Å². The number of amides is 2. The van der Waals surface area contributed by atoms with Crippen molar-refractivity contribution in [1.82, 2.24) is 5.32 Å². The van der Waals surface area contributed by atoms with Gasteiger partial charge in [0.25, 0.3) is 5.91 Å². The summed E-state index contributed by atoms with van der Waals surface area (Å²) in [5, 5.41) is 5.45. The minimum absolute atomic E-state index is 0. The lowest BCUT2D eigenvalue weighted by Crippen LogP contribution is -2.39. The van der Waals surface area contributed by atoms with Gasteiger partial charge >= 0.3 is 0 Å². The smallest absolute Gasteiger partial charge is 0.251 e. The van der Waals surface area contributed by atoms with Gasteiger partial charge in [-0.25, -0.2) is 0 Å². The number of nitrogens with one attached hydrogen (secondary N) is 2. The molecule has 0 aliphatic carbocycles. The highest BCUT2D eigenvalue weighted by Gasteiger charge is 2.13. The largest absolute Gasteiger partial charge is 0.383 e. The van der Waals surface area contributed by atoms with Gasteiger partial charge < -0.3 is 21.1 Å². The Morgan fingerprint density at radius 3 is 2.29 bits per heavy atom. The van der Waals surface area contributed by atoms with Gasteiger partial charge in [0, 0.05) is 24.4 Å². The molecule has 0 saturated carbocycles. The zero-order valence-corrected chi connectivity index (χ0v) is 13.2. The van der Waals surface area contributed by atoms with Crippen LogP contribution in [-0.2, 0) is 9.53 Å². The molecule has 4 N–H and O–H groups in total. The number of carbonyl (C=O) groups excluding carboxylic acids is 2. The van der Waals surface area contributed by atoms with Gasteiger partial charge in [-0.05, 0) is 38.1 Å². The lowest BCUT2D eigenvalue weighted by Gasteiger charge is -2.12. The maximum absolute atomic E-state index is 11.7. The van der Waals surface area contributed by atoms with Crippen molar-refractivity contribution in [3.8, 4) is 0 Å². The molecule has 0 fully saturated rings. The van der Waals surface area contributed by atoms with E-state index in [9.17, 15) is 9.59 Å². The van der Waals surface area contributed by atoms with Gasteiger partial charge in [0.2, 0.25) is 5.91 Å². The fraction of sp³-hybridized carbons (Fsp3) is 0.429. The average Bonchev–Trinajstić information content (AvgIpc) is 2.39. The third-order valence-electron chi connectivity index (χ3n) is 2.52. The third-order valence-corrected chi connectivity index (χ3v) is 2.52. The summed E-state index contributed by atoms with van der Waals surface area (Å²) in [4.78, 5) is 23.4. The molecule has 0 spiro atoms. The topological polar surface area (TPSA) is 93.4 Å². The zero-order valence-electron chi connectivity index (χ0n) is 12.4. The van der Waals surface area contributed by atoms with Gasteiger partial charge in [-0.1, -0.05) is 0 Å². The minimum atomic E-state index is -0.719. The van der Waals surface area contributed by atoms with Gasteiger partial charge in [-0.15, -0.1) is 12.4 Å². The van der Waals surface area contributed by atoms with Crippen molar-refractivity contribution in [3.63, 3.8) is 0 Å². The lowest BCUT2D eigenvalue weighted by atomic mass is 10.1. The Labute approximate surface area is 130 Å². The molecule has 0 saturated heterocycles. The first-order valence-electron chi connectivity index (χ1n) is 6.40. The van der Waals surface area contributed by atoms with E-state index in [2.05, 4.69) is 10.6 Å². The summed E-state index contributed by atoms with van der Waals surface area (Å²) in [6.07, 6.45) is 0.